The van der Waals surface area contributed by atoms with Gasteiger partial charge >= 0.3 is 5.97 Å². The lowest BCUT2D eigenvalue weighted by molar-refractivity contribution is -0.138. The van der Waals surface area contributed by atoms with Crippen molar-refractivity contribution in [1.82, 2.24) is 9.88 Å². The summed E-state index contributed by atoms with van der Waals surface area (Å²) in [4.78, 5) is 28.5. The summed E-state index contributed by atoms with van der Waals surface area (Å²) in [6.45, 7) is 1.07. The third kappa shape index (κ3) is 3.61. The van der Waals surface area contributed by atoms with Crippen molar-refractivity contribution < 1.29 is 14.7 Å². The number of halogens is 2. The number of carbonyl (C=O) groups excluding carboxylic acids is 1. The molecule has 0 aliphatic carbocycles. The highest BCUT2D eigenvalue weighted by molar-refractivity contribution is 6.35. The maximum atomic E-state index is 12.3. The Kier molecular flexibility index (Phi) is 4.83. The Bertz CT molecular complexity index is 528. The van der Waals surface area contributed by atoms with Gasteiger partial charge in [-0.25, -0.2) is 4.98 Å². The van der Waals surface area contributed by atoms with Crippen molar-refractivity contribution >= 4 is 35.1 Å². The number of nitrogens with zero attached hydrogens (tertiary/aromatic N) is 2. The van der Waals surface area contributed by atoms with Crippen LogP contribution in [0.5, 0.6) is 0 Å². The van der Waals surface area contributed by atoms with Crippen LogP contribution >= 0.6 is 23.2 Å². The molecule has 1 aromatic heterocycles. The molecule has 1 N–H and O–H groups in total. The van der Waals surface area contributed by atoms with Crippen molar-refractivity contribution in [2.45, 2.75) is 19.3 Å². The first kappa shape index (κ1) is 15.1. The van der Waals surface area contributed by atoms with Gasteiger partial charge in [0, 0.05) is 25.7 Å². The zero-order valence-corrected chi connectivity index (χ0v) is 12.2. The van der Waals surface area contributed by atoms with E-state index in [9.17, 15) is 9.59 Å². The van der Waals surface area contributed by atoms with Crippen LogP contribution in [0.25, 0.3) is 0 Å². The summed E-state index contributed by atoms with van der Waals surface area (Å²) in [7, 11) is 0. The first-order valence-corrected chi connectivity index (χ1v) is 7.05. The number of hydrogen-bond acceptors (Lipinski definition) is 3. The van der Waals surface area contributed by atoms with Crippen molar-refractivity contribution in [2.24, 2.45) is 5.92 Å². The molecule has 2 heterocycles. The molecule has 0 aromatic carbocycles. The standard InChI is InChI=1S/C13H14Cl2N2O3/c14-10-7-16-11(15)6-9(10)13(20)17-3-1-8(2-4-17)5-12(18)19/h6-8H,1-5H2,(H,18,19). The van der Waals surface area contributed by atoms with E-state index in [0.717, 1.165) is 0 Å². The Labute approximate surface area is 126 Å². The van der Waals surface area contributed by atoms with Crippen LogP contribution in [0.3, 0.4) is 0 Å². The summed E-state index contributed by atoms with van der Waals surface area (Å²) < 4.78 is 0. The Morgan fingerprint density at radius 1 is 1.35 bits per heavy atom. The van der Waals surface area contributed by atoms with Crippen LogP contribution in [0, 0.1) is 5.92 Å². The largest absolute Gasteiger partial charge is 0.481 e. The van der Waals surface area contributed by atoms with Gasteiger partial charge in [-0.05, 0) is 24.8 Å². The summed E-state index contributed by atoms with van der Waals surface area (Å²) in [6, 6.07) is 1.45. The number of pyridine rings is 1. The molecule has 0 unspecified atom stereocenters. The number of rotatable bonds is 3. The second-order valence-electron chi connectivity index (χ2n) is 4.82. The SMILES string of the molecule is O=C(O)CC1CCN(C(=O)c2cc(Cl)ncc2Cl)CC1. The Morgan fingerprint density at radius 3 is 2.60 bits per heavy atom. The molecule has 1 saturated heterocycles. The van der Waals surface area contributed by atoms with Crippen LogP contribution in [-0.2, 0) is 4.79 Å². The zero-order valence-electron chi connectivity index (χ0n) is 10.7. The van der Waals surface area contributed by atoms with Crippen molar-refractivity contribution in [3.63, 3.8) is 0 Å². The number of aromatic nitrogens is 1. The van der Waals surface area contributed by atoms with Crippen LogP contribution in [0.15, 0.2) is 12.3 Å². The number of carboxylic acid groups (broad SMARTS) is 1. The summed E-state index contributed by atoms with van der Waals surface area (Å²) in [5.74, 6) is -0.847. The van der Waals surface area contributed by atoms with E-state index in [2.05, 4.69) is 4.98 Å². The average Bonchev–Trinajstić information content (AvgIpc) is 2.41. The summed E-state index contributed by atoms with van der Waals surface area (Å²) in [6.07, 6.45) is 2.89. The molecule has 20 heavy (non-hydrogen) atoms. The highest BCUT2D eigenvalue weighted by atomic mass is 35.5. The van der Waals surface area contributed by atoms with Crippen LogP contribution in [0.2, 0.25) is 10.2 Å². The van der Waals surface area contributed by atoms with E-state index in [0.29, 0.717) is 31.5 Å². The highest BCUT2D eigenvalue weighted by Gasteiger charge is 2.26. The molecule has 1 aliphatic rings. The highest BCUT2D eigenvalue weighted by Crippen LogP contribution is 2.25. The molecule has 1 aromatic rings. The normalized spacial score (nSPS) is 16.2. The molecule has 7 heteroatoms. The first-order chi connectivity index (χ1) is 9.47. The molecular weight excluding hydrogens is 303 g/mol. The molecule has 1 amide bonds. The van der Waals surface area contributed by atoms with Crippen molar-refractivity contribution in [3.8, 4) is 0 Å². The van der Waals surface area contributed by atoms with Gasteiger partial charge in [-0.2, -0.15) is 0 Å². The molecule has 0 spiro atoms. The monoisotopic (exact) mass is 316 g/mol. The van der Waals surface area contributed by atoms with E-state index in [1.807, 2.05) is 0 Å². The zero-order chi connectivity index (χ0) is 14.7. The molecule has 0 bridgehead atoms. The van der Waals surface area contributed by atoms with Gasteiger partial charge in [0.05, 0.1) is 10.6 Å². The fraction of sp³-hybridized carbons (Fsp3) is 0.462. The lowest BCUT2D eigenvalue weighted by Crippen LogP contribution is -2.39. The number of carboxylic acids is 1. The number of carbonyl (C=O) groups is 2. The van der Waals surface area contributed by atoms with Gasteiger partial charge in [0.15, 0.2) is 0 Å². The van der Waals surface area contributed by atoms with E-state index >= 15 is 0 Å². The molecule has 0 radical (unpaired) electrons. The molecular formula is C13H14Cl2N2O3. The second-order valence-corrected chi connectivity index (χ2v) is 5.61. The maximum Gasteiger partial charge on any atom is 0.303 e. The van der Waals surface area contributed by atoms with Crippen LogP contribution in [-0.4, -0.2) is 40.0 Å². The number of piperidine rings is 1. The van der Waals surface area contributed by atoms with E-state index < -0.39 is 5.97 Å². The number of aliphatic carboxylic acids is 1. The Morgan fingerprint density at radius 2 is 2.00 bits per heavy atom. The summed E-state index contributed by atoms with van der Waals surface area (Å²) in [5.41, 5.74) is 0.336. The Balaban J connectivity index is 2.01. The van der Waals surface area contributed by atoms with Gasteiger partial charge < -0.3 is 10.0 Å². The number of amides is 1. The van der Waals surface area contributed by atoms with Gasteiger partial charge in [-0.3, -0.25) is 9.59 Å². The Hall–Kier alpha value is -1.33. The fourth-order valence-electron chi connectivity index (χ4n) is 2.33. The molecule has 0 saturated carbocycles. The lowest BCUT2D eigenvalue weighted by atomic mass is 9.93. The predicted octanol–water partition coefficient (Wildman–Crippen LogP) is 2.72. The quantitative estimate of drug-likeness (QED) is 0.870. The molecule has 5 nitrogen and oxygen atoms in total. The summed E-state index contributed by atoms with van der Waals surface area (Å²) >= 11 is 11.7. The third-order valence-corrected chi connectivity index (χ3v) is 3.93. The number of hydrogen-bond donors (Lipinski definition) is 1. The predicted molar refractivity (Wildman–Crippen MR) is 75.1 cm³/mol. The fourth-order valence-corrected chi connectivity index (χ4v) is 2.68. The lowest BCUT2D eigenvalue weighted by Gasteiger charge is -2.31. The van der Waals surface area contributed by atoms with Crippen LogP contribution < -0.4 is 0 Å². The second kappa shape index (κ2) is 6.41. The minimum Gasteiger partial charge on any atom is -0.481 e. The van der Waals surface area contributed by atoms with Gasteiger partial charge in [-0.15, -0.1) is 0 Å². The van der Waals surface area contributed by atoms with E-state index in [-0.39, 0.29) is 28.4 Å². The summed E-state index contributed by atoms with van der Waals surface area (Å²) in [5, 5.41) is 9.26. The van der Waals surface area contributed by atoms with Crippen molar-refractivity contribution in [2.75, 3.05) is 13.1 Å². The van der Waals surface area contributed by atoms with Gasteiger partial charge in [0.25, 0.3) is 5.91 Å². The minimum atomic E-state index is -0.793. The van der Waals surface area contributed by atoms with Gasteiger partial charge in [0.1, 0.15) is 5.15 Å². The maximum absolute atomic E-state index is 12.3. The smallest absolute Gasteiger partial charge is 0.303 e. The minimum absolute atomic E-state index is 0.132. The van der Waals surface area contributed by atoms with E-state index in [4.69, 9.17) is 28.3 Å². The third-order valence-electron chi connectivity index (χ3n) is 3.42. The van der Waals surface area contributed by atoms with Crippen molar-refractivity contribution in [3.05, 3.63) is 28.0 Å². The van der Waals surface area contributed by atoms with Crippen LogP contribution in [0.1, 0.15) is 29.6 Å². The average molecular weight is 317 g/mol. The van der Waals surface area contributed by atoms with E-state index in [1.165, 1.54) is 12.3 Å². The molecule has 1 aliphatic heterocycles. The molecule has 0 atom stereocenters. The molecule has 1 fully saturated rings. The van der Waals surface area contributed by atoms with Gasteiger partial charge in [0.2, 0.25) is 0 Å². The van der Waals surface area contributed by atoms with Crippen LogP contribution in [0.4, 0.5) is 0 Å². The molecule has 108 valence electrons. The van der Waals surface area contributed by atoms with Gasteiger partial charge in [-0.1, -0.05) is 23.2 Å². The van der Waals surface area contributed by atoms with Crippen molar-refractivity contribution in [1.29, 1.82) is 0 Å². The van der Waals surface area contributed by atoms with E-state index in [1.54, 1.807) is 4.90 Å². The first-order valence-electron chi connectivity index (χ1n) is 6.29. The molecule has 2 rings (SSSR count). The number of likely N-dealkylation sites (tertiary alicyclic amines) is 1. The topological polar surface area (TPSA) is 70.5 Å².